The highest BCUT2D eigenvalue weighted by Gasteiger charge is 2.16. The number of hydrogen-bond acceptors (Lipinski definition) is 5. The van der Waals surface area contributed by atoms with Gasteiger partial charge in [0.15, 0.2) is 23.2 Å². The van der Waals surface area contributed by atoms with Crippen LogP contribution >= 0.6 is 11.3 Å². The summed E-state index contributed by atoms with van der Waals surface area (Å²) in [6.45, 7) is -0.138. The molecule has 1 amide bonds. The van der Waals surface area contributed by atoms with Crippen molar-refractivity contribution in [2.24, 2.45) is 0 Å². The van der Waals surface area contributed by atoms with Crippen LogP contribution in [-0.2, 0) is 4.79 Å². The van der Waals surface area contributed by atoms with Crippen molar-refractivity contribution in [1.29, 1.82) is 0 Å². The molecule has 4 rings (SSSR count). The van der Waals surface area contributed by atoms with Crippen molar-refractivity contribution in [2.75, 3.05) is 19.0 Å². The summed E-state index contributed by atoms with van der Waals surface area (Å²) in [7, 11) is 1.56. The number of aromatic nitrogens is 1. The summed E-state index contributed by atoms with van der Waals surface area (Å²) in [5, 5.41) is 3.38. The minimum Gasteiger partial charge on any atom is -0.493 e. The SMILES string of the molecule is COc1ccccc1OCC(=O)Nc1nc(-c2ccccc2)c(-c2ccccc2)s1. The van der Waals surface area contributed by atoms with Crippen molar-refractivity contribution in [3.63, 3.8) is 0 Å². The molecule has 0 spiro atoms. The predicted molar refractivity (Wildman–Crippen MR) is 120 cm³/mol. The molecule has 0 aliphatic rings. The summed E-state index contributed by atoms with van der Waals surface area (Å²) >= 11 is 1.44. The lowest BCUT2D eigenvalue weighted by molar-refractivity contribution is -0.118. The summed E-state index contributed by atoms with van der Waals surface area (Å²) < 4.78 is 10.9. The van der Waals surface area contributed by atoms with Crippen molar-refractivity contribution in [3.8, 4) is 33.2 Å². The summed E-state index contributed by atoms with van der Waals surface area (Å²) in [6.07, 6.45) is 0. The van der Waals surface area contributed by atoms with Gasteiger partial charge in [0.05, 0.1) is 17.7 Å². The van der Waals surface area contributed by atoms with E-state index in [1.807, 2.05) is 72.8 Å². The molecule has 0 radical (unpaired) electrons. The van der Waals surface area contributed by atoms with E-state index < -0.39 is 0 Å². The highest BCUT2D eigenvalue weighted by atomic mass is 32.1. The molecule has 4 aromatic rings. The monoisotopic (exact) mass is 416 g/mol. The number of hydrogen-bond donors (Lipinski definition) is 1. The Morgan fingerprint density at radius 2 is 1.47 bits per heavy atom. The molecule has 0 saturated heterocycles. The van der Waals surface area contributed by atoms with Crippen LogP contribution in [0.1, 0.15) is 0 Å². The van der Waals surface area contributed by atoms with Crippen molar-refractivity contribution in [2.45, 2.75) is 0 Å². The quantitative estimate of drug-likeness (QED) is 0.432. The third kappa shape index (κ3) is 4.50. The number of anilines is 1. The van der Waals surface area contributed by atoms with Gasteiger partial charge in [-0.2, -0.15) is 0 Å². The zero-order valence-electron chi connectivity index (χ0n) is 16.4. The van der Waals surface area contributed by atoms with Crippen molar-refractivity contribution in [1.82, 2.24) is 4.98 Å². The van der Waals surface area contributed by atoms with Crippen LogP contribution in [0, 0.1) is 0 Å². The van der Waals surface area contributed by atoms with Crippen molar-refractivity contribution < 1.29 is 14.3 Å². The number of carbonyl (C=O) groups is 1. The van der Waals surface area contributed by atoms with Crippen LogP contribution < -0.4 is 14.8 Å². The lowest BCUT2D eigenvalue weighted by Gasteiger charge is -2.09. The first kappa shape index (κ1) is 19.7. The van der Waals surface area contributed by atoms with Gasteiger partial charge in [0.2, 0.25) is 0 Å². The van der Waals surface area contributed by atoms with E-state index in [0.717, 1.165) is 21.7 Å². The van der Waals surface area contributed by atoms with E-state index in [4.69, 9.17) is 14.5 Å². The van der Waals surface area contributed by atoms with Crippen LogP contribution in [0.2, 0.25) is 0 Å². The summed E-state index contributed by atoms with van der Waals surface area (Å²) in [4.78, 5) is 18.2. The van der Waals surface area contributed by atoms with Gasteiger partial charge in [0.25, 0.3) is 5.91 Å². The van der Waals surface area contributed by atoms with Crippen molar-refractivity contribution >= 4 is 22.4 Å². The average Bonchev–Trinajstić information content (AvgIpc) is 3.22. The Morgan fingerprint density at radius 1 is 0.867 bits per heavy atom. The van der Waals surface area contributed by atoms with E-state index in [-0.39, 0.29) is 12.5 Å². The molecule has 1 heterocycles. The first-order chi connectivity index (χ1) is 14.7. The zero-order valence-corrected chi connectivity index (χ0v) is 17.2. The molecule has 1 N–H and O–H groups in total. The Labute approximate surface area is 178 Å². The molecule has 0 fully saturated rings. The molecular weight excluding hydrogens is 396 g/mol. The Kier molecular flexibility index (Phi) is 6.06. The number of carbonyl (C=O) groups excluding carboxylic acids is 1. The van der Waals surface area contributed by atoms with Gasteiger partial charge in [-0.25, -0.2) is 4.98 Å². The molecule has 30 heavy (non-hydrogen) atoms. The molecule has 0 bridgehead atoms. The molecule has 3 aromatic carbocycles. The normalized spacial score (nSPS) is 10.4. The summed E-state index contributed by atoms with van der Waals surface area (Å²) in [5.74, 6) is 0.815. The number of benzene rings is 3. The predicted octanol–water partition coefficient (Wildman–Crippen LogP) is 5.50. The fourth-order valence-electron chi connectivity index (χ4n) is 2.99. The number of rotatable bonds is 7. The van der Waals surface area contributed by atoms with E-state index >= 15 is 0 Å². The van der Waals surface area contributed by atoms with Crippen LogP contribution in [0.5, 0.6) is 11.5 Å². The van der Waals surface area contributed by atoms with E-state index in [1.54, 1.807) is 19.2 Å². The molecule has 150 valence electrons. The number of amides is 1. The summed E-state index contributed by atoms with van der Waals surface area (Å²) in [6, 6.07) is 27.2. The molecule has 0 aliphatic heterocycles. The minimum atomic E-state index is -0.283. The fraction of sp³-hybridized carbons (Fsp3) is 0.0833. The molecule has 6 heteroatoms. The Bertz CT molecular complexity index is 1070. The van der Waals surface area contributed by atoms with Gasteiger partial charge in [0.1, 0.15) is 0 Å². The first-order valence-electron chi connectivity index (χ1n) is 9.42. The number of methoxy groups -OCH3 is 1. The number of thiazole rings is 1. The molecule has 0 aliphatic carbocycles. The van der Waals surface area contributed by atoms with Gasteiger partial charge in [-0.05, 0) is 17.7 Å². The molecule has 5 nitrogen and oxygen atoms in total. The second-order valence-corrected chi connectivity index (χ2v) is 7.42. The second-order valence-electron chi connectivity index (χ2n) is 6.42. The van der Waals surface area contributed by atoms with Crippen LogP contribution in [0.4, 0.5) is 5.13 Å². The maximum absolute atomic E-state index is 12.5. The van der Waals surface area contributed by atoms with Gasteiger partial charge in [-0.1, -0.05) is 84.1 Å². The molecular formula is C24H20N2O3S. The van der Waals surface area contributed by atoms with Crippen LogP contribution in [0.3, 0.4) is 0 Å². The average molecular weight is 417 g/mol. The van der Waals surface area contributed by atoms with E-state index in [9.17, 15) is 4.79 Å². The lowest BCUT2D eigenvalue weighted by Crippen LogP contribution is -2.20. The largest absolute Gasteiger partial charge is 0.493 e. The first-order valence-corrected chi connectivity index (χ1v) is 10.2. The second kappa shape index (κ2) is 9.24. The smallest absolute Gasteiger partial charge is 0.264 e. The Hall–Kier alpha value is -3.64. The molecule has 0 atom stereocenters. The Morgan fingerprint density at radius 3 is 2.13 bits per heavy atom. The Balaban J connectivity index is 1.54. The standard InChI is InChI=1S/C24H20N2O3S/c1-28-19-14-8-9-15-20(19)29-16-21(27)25-24-26-22(17-10-4-2-5-11-17)23(30-24)18-12-6-3-7-13-18/h2-15H,16H2,1H3,(H,25,26,27). The number of ether oxygens (including phenoxy) is 2. The third-order valence-corrected chi connectivity index (χ3v) is 5.40. The summed E-state index contributed by atoms with van der Waals surface area (Å²) in [5.41, 5.74) is 2.89. The van der Waals surface area contributed by atoms with Gasteiger partial charge in [-0.15, -0.1) is 0 Å². The van der Waals surface area contributed by atoms with Crippen molar-refractivity contribution in [3.05, 3.63) is 84.9 Å². The van der Waals surface area contributed by atoms with Crippen LogP contribution in [-0.4, -0.2) is 24.6 Å². The number of nitrogens with zero attached hydrogens (tertiary/aromatic N) is 1. The highest BCUT2D eigenvalue weighted by Crippen LogP contribution is 2.38. The van der Waals surface area contributed by atoms with Gasteiger partial charge >= 0.3 is 0 Å². The number of para-hydroxylation sites is 2. The van der Waals surface area contributed by atoms with E-state index in [1.165, 1.54) is 11.3 Å². The number of nitrogens with one attached hydrogen (secondary N) is 1. The maximum Gasteiger partial charge on any atom is 0.264 e. The van der Waals surface area contributed by atoms with Gasteiger partial charge in [0, 0.05) is 5.56 Å². The minimum absolute atomic E-state index is 0.138. The molecule has 1 aromatic heterocycles. The topological polar surface area (TPSA) is 60.5 Å². The maximum atomic E-state index is 12.5. The third-order valence-electron chi connectivity index (χ3n) is 4.38. The van der Waals surface area contributed by atoms with Gasteiger partial charge in [-0.3, -0.25) is 10.1 Å². The molecule has 0 saturated carbocycles. The lowest BCUT2D eigenvalue weighted by atomic mass is 10.1. The zero-order chi connectivity index (χ0) is 20.8. The van der Waals surface area contributed by atoms with E-state index in [2.05, 4.69) is 5.32 Å². The van der Waals surface area contributed by atoms with E-state index in [0.29, 0.717) is 16.6 Å². The van der Waals surface area contributed by atoms with Crippen LogP contribution in [0.15, 0.2) is 84.9 Å². The van der Waals surface area contributed by atoms with Crippen LogP contribution in [0.25, 0.3) is 21.7 Å². The van der Waals surface area contributed by atoms with Gasteiger partial charge < -0.3 is 9.47 Å². The molecule has 0 unspecified atom stereocenters. The highest BCUT2D eigenvalue weighted by molar-refractivity contribution is 7.19. The fourth-order valence-corrected chi connectivity index (χ4v) is 4.00.